The standard InChI is InChI=1S/C19H18N4O2S2.C2H6/c1-4-24-16-6-5-13(18-20-7-8-25-18)9-14(16)22-19-23-15(10-26-19)17-11(2)21-12(3)27-17;1-2/h5-10H,4H2,1-3H3,(H,22,23);1-2H3. The van der Waals surface area contributed by atoms with Crippen LogP contribution >= 0.6 is 22.7 Å². The first kappa shape index (κ1) is 21.0. The first-order chi connectivity index (χ1) is 14.1. The number of benzene rings is 1. The molecule has 1 N–H and O–H groups in total. The third-order valence-electron chi connectivity index (χ3n) is 3.84. The molecule has 3 aromatic heterocycles. The molecule has 0 aliphatic rings. The summed E-state index contributed by atoms with van der Waals surface area (Å²) >= 11 is 3.21. The van der Waals surface area contributed by atoms with Gasteiger partial charge in [-0.2, -0.15) is 0 Å². The number of hydrogen-bond donors (Lipinski definition) is 1. The molecule has 0 fully saturated rings. The van der Waals surface area contributed by atoms with Crippen molar-refractivity contribution in [2.45, 2.75) is 34.6 Å². The smallest absolute Gasteiger partial charge is 0.225 e. The van der Waals surface area contributed by atoms with Gasteiger partial charge >= 0.3 is 0 Å². The molecule has 0 aliphatic carbocycles. The zero-order valence-electron chi connectivity index (χ0n) is 17.1. The van der Waals surface area contributed by atoms with E-state index in [0.29, 0.717) is 12.5 Å². The minimum Gasteiger partial charge on any atom is -0.492 e. The fourth-order valence-electron chi connectivity index (χ4n) is 2.73. The summed E-state index contributed by atoms with van der Waals surface area (Å²) in [5, 5.41) is 7.25. The summed E-state index contributed by atoms with van der Waals surface area (Å²) in [4.78, 5) is 14.5. The van der Waals surface area contributed by atoms with Crippen LogP contribution in [0.1, 0.15) is 31.5 Å². The van der Waals surface area contributed by atoms with Crippen LogP contribution in [0.2, 0.25) is 0 Å². The monoisotopic (exact) mass is 428 g/mol. The molecule has 0 amide bonds. The van der Waals surface area contributed by atoms with Crippen LogP contribution in [0.25, 0.3) is 22.0 Å². The van der Waals surface area contributed by atoms with E-state index in [1.807, 2.05) is 58.2 Å². The number of aromatic nitrogens is 3. The van der Waals surface area contributed by atoms with Gasteiger partial charge in [0.2, 0.25) is 5.89 Å². The predicted molar refractivity (Wildman–Crippen MR) is 120 cm³/mol. The molecule has 0 unspecified atom stereocenters. The molecule has 1 aromatic carbocycles. The summed E-state index contributed by atoms with van der Waals surface area (Å²) in [6.07, 6.45) is 3.19. The Hall–Kier alpha value is -2.71. The fraction of sp³-hybridized carbons (Fsp3) is 0.286. The third-order valence-corrected chi connectivity index (χ3v) is 5.69. The van der Waals surface area contributed by atoms with Crippen molar-refractivity contribution in [2.24, 2.45) is 0 Å². The van der Waals surface area contributed by atoms with Crippen LogP contribution in [0.3, 0.4) is 0 Å². The highest BCUT2D eigenvalue weighted by molar-refractivity contribution is 7.16. The topological polar surface area (TPSA) is 73.1 Å². The van der Waals surface area contributed by atoms with Gasteiger partial charge in [0.05, 0.1) is 39.8 Å². The van der Waals surface area contributed by atoms with Crippen LogP contribution < -0.4 is 10.1 Å². The van der Waals surface area contributed by atoms with Gasteiger partial charge in [0.1, 0.15) is 12.0 Å². The first-order valence-electron chi connectivity index (χ1n) is 9.47. The molecule has 0 radical (unpaired) electrons. The SMILES string of the molecule is CC.CCOc1ccc(-c2ncco2)cc1Nc1nc(-c2sc(C)nc2C)cs1. The van der Waals surface area contributed by atoms with Crippen molar-refractivity contribution in [2.75, 3.05) is 11.9 Å². The quantitative estimate of drug-likeness (QED) is 0.368. The number of ether oxygens (including phenoxy) is 1. The summed E-state index contributed by atoms with van der Waals surface area (Å²) in [6.45, 7) is 10.6. The van der Waals surface area contributed by atoms with Crippen LogP contribution in [0.5, 0.6) is 5.75 Å². The van der Waals surface area contributed by atoms with Crippen LogP contribution in [0, 0.1) is 13.8 Å². The van der Waals surface area contributed by atoms with Gasteiger partial charge in [-0.05, 0) is 39.0 Å². The second-order valence-corrected chi connectivity index (χ2v) is 7.85. The number of thiazole rings is 2. The number of nitrogens with zero attached hydrogens (tertiary/aromatic N) is 3. The van der Waals surface area contributed by atoms with Crippen molar-refractivity contribution in [1.29, 1.82) is 0 Å². The summed E-state index contributed by atoms with van der Waals surface area (Å²) in [5.74, 6) is 1.33. The molecule has 8 heteroatoms. The zero-order chi connectivity index (χ0) is 20.8. The largest absolute Gasteiger partial charge is 0.492 e. The van der Waals surface area contributed by atoms with Gasteiger partial charge < -0.3 is 14.5 Å². The normalized spacial score (nSPS) is 10.4. The maximum absolute atomic E-state index is 5.75. The molecule has 29 heavy (non-hydrogen) atoms. The maximum Gasteiger partial charge on any atom is 0.225 e. The van der Waals surface area contributed by atoms with Crippen molar-refractivity contribution in [3.05, 3.63) is 46.7 Å². The average molecular weight is 429 g/mol. The van der Waals surface area contributed by atoms with E-state index in [0.717, 1.165) is 43.4 Å². The summed E-state index contributed by atoms with van der Waals surface area (Å²) in [7, 11) is 0. The minimum absolute atomic E-state index is 0.566. The Balaban J connectivity index is 0.00000117. The van der Waals surface area contributed by atoms with Gasteiger partial charge in [-0.1, -0.05) is 13.8 Å². The zero-order valence-corrected chi connectivity index (χ0v) is 18.8. The summed E-state index contributed by atoms with van der Waals surface area (Å²) in [5.41, 5.74) is 3.64. The molecule has 6 nitrogen and oxygen atoms in total. The molecule has 152 valence electrons. The van der Waals surface area contributed by atoms with Crippen molar-refractivity contribution in [3.63, 3.8) is 0 Å². The first-order valence-corrected chi connectivity index (χ1v) is 11.2. The van der Waals surface area contributed by atoms with Gasteiger partial charge in [0.15, 0.2) is 5.13 Å². The molecule has 0 aliphatic heterocycles. The maximum atomic E-state index is 5.75. The molecule has 4 rings (SSSR count). The molecule has 3 heterocycles. The molecule has 0 saturated heterocycles. The highest BCUT2D eigenvalue weighted by atomic mass is 32.1. The number of anilines is 2. The molecule has 0 saturated carbocycles. The molecular weight excluding hydrogens is 404 g/mol. The van der Waals surface area contributed by atoms with E-state index < -0.39 is 0 Å². The Bertz CT molecular complexity index is 1050. The van der Waals surface area contributed by atoms with Gasteiger partial charge in [-0.15, -0.1) is 22.7 Å². The van der Waals surface area contributed by atoms with Crippen molar-refractivity contribution in [1.82, 2.24) is 15.0 Å². The highest BCUT2D eigenvalue weighted by Gasteiger charge is 2.14. The summed E-state index contributed by atoms with van der Waals surface area (Å²) < 4.78 is 11.2. The second-order valence-electron chi connectivity index (χ2n) is 5.79. The highest BCUT2D eigenvalue weighted by Crippen LogP contribution is 2.36. The van der Waals surface area contributed by atoms with E-state index in [-0.39, 0.29) is 0 Å². The van der Waals surface area contributed by atoms with E-state index in [1.165, 1.54) is 0 Å². The Kier molecular flexibility index (Phi) is 7.00. The number of rotatable bonds is 6. The van der Waals surface area contributed by atoms with Crippen molar-refractivity contribution < 1.29 is 9.15 Å². The van der Waals surface area contributed by atoms with Gasteiger partial charge in [-0.3, -0.25) is 0 Å². The van der Waals surface area contributed by atoms with Crippen LogP contribution in [-0.2, 0) is 0 Å². The van der Waals surface area contributed by atoms with Gasteiger partial charge in [0.25, 0.3) is 0 Å². The predicted octanol–water partition coefficient (Wildman–Crippen LogP) is 6.71. The van der Waals surface area contributed by atoms with Gasteiger partial charge in [-0.25, -0.2) is 15.0 Å². The molecular formula is C21H24N4O2S2. The van der Waals surface area contributed by atoms with E-state index in [9.17, 15) is 0 Å². The number of oxazole rings is 1. The molecule has 0 atom stereocenters. The Morgan fingerprint density at radius 3 is 2.66 bits per heavy atom. The minimum atomic E-state index is 0.566. The molecule has 0 spiro atoms. The average Bonchev–Trinajstić information content (AvgIpc) is 3.46. The fourth-order valence-corrected chi connectivity index (χ4v) is 4.40. The molecule has 4 aromatic rings. The van der Waals surface area contributed by atoms with E-state index >= 15 is 0 Å². The van der Waals surface area contributed by atoms with Crippen LogP contribution in [0.4, 0.5) is 10.8 Å². The molecule has 0 bridgehead atoms. The van der Waals surface area contributed by atoms with E-state index in [1.54, 1.807) is 35.1 Å². The Labute approximate surface area is 178 Å². The number of aryl methyl sites for hydroxylation is 2. The second kappa shape index (κ2) is 9.67. The van der Waals surface area contributed by atoms with Crippen LogP contribution in [0.15, 0.2) is 40.5 Å². The van der Waals surface area contributed by atoms with Crippen LogP contribution in [-0.4, -0.2) is 21.6 Å². The third kappa shape index (κ3) is 4.83. The number of hydrogen-bond acceptors (Lipinski definition) is 8. The van der Waals surface area contributed by atoms with Crippen molar-refractivity contribution in [3.8, 4) is 27.8 Å². The lowest BCUT2D eigenvalue weighted by Gasteiger charge is -2.11. The number of nitrogens with one attached hydrogen (secondary N) is 1. The van der Waals surface area contributed by atoms with E-state index in [2.05, 4.69) is 15.3 Å². The lowest BCUT2D eigenvalue weighted by molar-refractivity contribution is 0.342. The van der Waals surface area contributed by atoms with Crippen molar-refractivity contribution >= 4 is 33.5 Å². The Morgan fingerprint density at radius 1 is 1.17 bits per heavy atom. The lowest BCUT2D eigenvalue weighted by atomic mass is 10.2. The lowest BCUT2D eigenvalue weighted by Crippen LogP contribution is -1.98. The Morgan fingerprint density at radius 2 is 2.00 bits per heavy atom. The summed E-state index contributed by atoms with van der Waals surface area (Å²) in [6, 6.07) is 5.80. The van der Waals surface area contributed by atoms with E-state index in [4.69, 9.17) is 14.1 Å². The van der Waals surface area contributed by atoms with Gasteiger partial charge in [0, 0.05) is 10.9 Å².